The van der Waals surface area contributed by atoms with Gasteiger partial charge in [-0.15, -0.1) is 0 Å². The van der Waals surface area contributed by atoms with Gasteiger partial charge in [0.2, 0.25) is 5.91 Å². The Morgan fingerprint density at radius 2 is 1.88 bits per heavy atom. The van der Waals surface area contributed by atoms with Crippen LogP contribution in [0, 0.1) is 0 Å². The lowest BCUT2D eigenvalue weighted by molar-refractivity contribution is -0.122. The summed E-state index contributed by atoms with van der Waals surface area (Å²) in [5.41, 5.74) is 2.83. The standard InChI is InChI=1S/C21H23NO3/c1-4-25-19(23)16-10-11-18-17(14-16)21(2,20(24)22(18)3)13-12-15-8-6-5-7-9-15/h5-11,14H,4,12-13H2,1-3H3/t21-/m0/s1. The van der Waals surface area contributed by atoms with E-state index in [1.54, 1.807) is 24.9 Å². The Balaban J connectivity index is 1.94. The minimum atomic E-state index is -0.636. The molecule has 0 saturated carbocycles. The van der Waals surface area contributed by atoms with Crippen molar-refractivity contribution in [3.05, 3.63) is 65.2 Å². The molecule has 2 aromatic carbocycles. The number of fused-ring (bicyclic) bond motifs is 1. The molecule has 25 heavy (non-hydrogen) atoms. The van der Waals surface area contributed by atoms with Gasteiger partial charge in [0.05, 0.1) is 17.6 Å². The van der Waals surface area contributed by atoms with Gasteiger partial charge in [0.25, 0.3) is 0 Å². The molecule has 0 aromatic heterocycles. The maximum Gasteiger partial charge on any atom is 0.338 e. The first kappa shape index (κ1) is 17.2. The van der Waals surface area contributed by atoms with Gasteiger partial charge in [0, 0.05) is 12.7 Å². The monoisotopic (exact) mass is 337 g/mol. The molecule has 0 saturated heterocycles. The largest absolute Gasteiger partial charge is 0.462 e. The summed E-state index contributed by atoms with van der Waals surface area (Å²) < 4.78 is 5.10. The quantitative estimate of drug-likeness (QED) is 0.781. The van der Waals surface area contributed by atoms with Crippen LogP contribution in [-0.2, 0) is 21.4 Å². The van der Waals surface area contributed by atoms with Crippen LogP contribution in [0.5, 0.6) is 0 Å². The van der Waals surface area contributed by atoms with Crippen molar-refractivity contribution in [3.8, 4) is 0 Å². The van der Waals surface area contributed by atoms with Crippen molar-refractivity contribution in [2.75, 3.05) is 18.6 Å². The zero-order valence-corrected chi connectivity index (χ0v) is 14.9. The van der Waals surface area contributed by atoms with Crippen molar-refractivity contribution in [2.45, 2.75) is 32.1 Å². The molecule has 4 nitrogen and oxygen atoms in total. The van der Waals surface area contributed by atoms with Crippen LogP contribution >= 0.6 is 0 Å². The summed E-state index contributed by atoms with van der Waals surface area (Å²) in [6, 6.07) is 15.5. The highest BCUT2D eigenvalue weighted by Gasteiger charge is 2.45. The summed E-state index contributed by atoms with van der Waals surface area (Å²) in [7, 11) is 1.79. The van der Waals surface area contributed by atoms with E-state index in [0.29, 0.717) is 18.6 Å². The van der Waals surface area contributed by atoms with Gasteiger partial charge in [-0.2, -0.15) is 0 Å². The molecule has 2 aromatic rings. The van der Waals surface area contributed by atoms with Crippen LogP contribution in [0.15, 0.2) is 48.5 Å². The van der Waals surface area contributed by atoms with Gasteiger partial charge in [-0.25, -0.2) is 4.79 Å². The molecule has 1 aliphatic heterocycles. The average Bonchev–Trinajstić information content (AvgIpc) is 2.83. The number of hydrogen-bond donors (Lipinski definition) is 0. The van der Waals surface area contributed by atoms with Crippen LogP contribution in [-0.4, -0.2) is 25.5 Å². The van der Waals surface area contributed by atoms with Gasteiger partial charge in [-0.1, -0.05) is 30.3 Å². The number of amides is 1. The molecule has 0 aliphatic carbocycles. The minimum absolute atomic E-state index is 0.0689. The second-order valence-electron chi connectivity index (χ2n) is 6.63. The summed E-state index contributed by atoms with van der Waals surface area (Å²) >= 11 is 0. The van der Waals surface area contributed by atoms with Gasteiger partial charge in [-0.3, -0.25) is 4.79 Å². The number of ether oxygens (including phenoxy) is 1. The predicted octanol–water partition coefficient (Wildman–Crippen LogP) is 3.73. The third kappa shape index (κ3) is 3.04. The summed E-state index contributed by atoms with van der Waals surface area (Å²) in [5, 5.41) is 0. The first-order valence-electron chi connectivity index (χ1n) is 8.61. The van der Waals surface area contributed by atoms with Gasteiger partial charge in [-0.05, 0) is 56.0 Å². The second-order valence-corrected chi connectivity index (χ2v) is 6.63. The van der Waals surface area contributed by atoms with Crippen molar-refractivity contribution >= 4 is 17.6 Å². The minimum Gasteiger partial charge on any atom is -0.462 e. The second kappa shape index (κ2) is 6.71. The van der Waals surface area contributed by atoms with Crippen molar-refractivity contribution in [1.82, 2.24) is 0 Å². The molecule has 0 spiro atoms. The summed E-state index contributed by atoms with van der Waals surface area (Å²) in [4.78, 5) is 26.7. The van der Waals surface area contributed by atoms with E-state index < -0.39 is 5.41 Å². The first-order valence-corrected chi connectivity index (χ1v) is 8.61. The SMILES string of the molecule is CCOC(=O)c1ccc2c(c1)[C@](C)(CCc1ccccc1)C(=O)N2C. The molecule has 0 N–H and O–H groups in total. The number of rotatable bonds is 5. The van der Waals surface area contributed by atoms with E-state index in [1.165, 1.54) is 5.56 Å². The van der Waals surface area contributed by atoms with Crippen molar-refractivity contribution < 1.29 is 14.3 Å². The van der Waals surface area contributed by atoms with Gasteiger partial charge in [0.1, 0.15) is 0 Å². The number of benzene rings is 2. The number of anilines is 1. The number of likely N-dealkylation sites (N-methyl/N-ethyl adjacent to an activating group) is 1. The molecule has 0 radical (unpaired) electrons. The maximum atomic E-state index is 12.9. The number of hydrogen-bond acceptors (Lipinski definition) is 3. The molecule has 1 amide bonds. The normalized spacial score (nSPS) is 19.0. The molecular weight excluding hydrogens is 314 g/mol. The number of carbonyl (C=O) groups is 2. The van der Waals surface area contributed by atoms with E-state index in [-0.39, 0.29) is 11.9 Å². The van der Waals surface area contributed by atoms with E-state index in [2.05, 4.69) is 12.1 Å². The smallest absolute Gasteiger partial charge is 0.338 e. The molecular formula is C21H23NO3. The lowest BCUT2D eigenvalue weighted by Crippen LogP contribution is -2.36. The number of aryl methyl sites for hydroxylation is 1. The lowest BCUT2D eigenvalue weighted by atomic mass is 9.78. The fourth-order valence-electron chi connectivity index (χ4n) is 3.49. The molecule has 130 valence electrons. The fourth-order valence-corrected chi connectivity index (χ4v) is 3.49. The van der Waals surface area contributed by atoms with E-state index in [4.69, 9.17) is 4.74 Å². The highest BCUT2D eigenvalue weighted by Crippen LogP contribution is 2.44. The number of nitrogens with zero attached hydrogens (tertiary/aromatic N) is 1. The van der Waals surface area contributed by atoms with Crippen molar-refractivity contribution in [2.24, 2.45) is 0 Å². The third-order valence-electron chi connectivity index (χ3n) is 5.00. The molecule has 0 fully saturated rings. The Kier molecular flexibility index (Phi) is 4.62. The average molecular weight is 337 g/mol. The topological polar surface area (TPSA) is 46.6 Å². The molecule has 1 aliphatic rings. The first-order chi connectivity index (χ1) is 12.0. The van der Waals surface area contributed by atoms with Gasteiger partial charge in [0.15, 0.2) is 0 Å². The summed E-state index contributed by atoms with van der Waals surface area (Å²) in [5.74, 6) is -0.280. The van der Waals surface area contributed by atoms with Crippen molar-refractivity contribution in [1.29, 1.82) is 0 Å². The highest BCUT2D eigenvalue weighted by atomic mass is 16.5. The summed E-state index contributed by atoms with van der Waals surface area (Å²) in [6.45, 7) is 4.09. The van der Waals surface area contributed by atoms with Crippen LogP contribution in [0.25, 0.3) is 0 Å². The molecule has 1 heterocycles. The lowest BCUT2D eigenvalue weighted by Gasteiger charge is -2.23. The molecule has 4 heteroatoms. The van der Waals surface area contributed by atoms with Gasteiger partial charge < -0.3 is 9.64 Å². The van der Waals surface area contributed by atoms with Crippen molar-refractivity contribution in [3.63, 3.8) is 0 Å². The van der Waals surface area contributed by atoms with Crippen LogP contribution in [0.3, 0.4) is 0 Å². The molecule has 1 atom stereocenters. The molecule has 0 bridgehead atoms. The fraction of sp³-hybridized carbons (Fsp3) is 0.333. The van der Waals surface area contributed by atoms with E-state index in [9.17, 15) is 9.59 Å². The summed E-state index contributed by atoms with van der Waals surface area (Å²) in [6.07, 6.45) is 1.50. The Bertz CT molecular complexity index is 800. The maximum absolute atomic E-state index is 12.9. The van der Waals surface area contributed by atoms with Crippen LogP contribution < -0.4 is 4.90 Å². The zero-order chi connectivity index (χ0) is 18.0. The van der Waals surface area contributed by atoms with E-state index in [1.807, 2.05) is 37.3 Å². The molecule has 3 rings (SSSR count). The Morgan fingerprint density at radius 1 is 1.16 bits per heavy atom. The Morgan fingerprint density at radius 3 is 2.56 bits per heavy atom. The third-order valence-corrected chi connectivity index (χ3v) is 5.00. The predicted molar refractivity (Wildman–Crippen MR) is 97.9 cm³/mol. The van der Waals surface area contributed by atoms with Crippen LogP contribution in [0.4, 0.5) is 5.69 Å². The Hall–Kier alpha value is -2.62. The van der Waals surface area contributed by atoms with E-state index >= 15 is 0 Å². The number of esters is 1. The highest BCUT2D eigenvalue weighted by molar-refractivity contribution is 6.08. The number of carbonyl (C=O) groups excluding carboxylic acids is 2. The van der Waals surface area contributed by atoms with Gasteiger partial charge >= 0.3 is 5.97 Å². The molecule has 0 unspecified atom stereocenters. The zero-order valence-electron chi connectivity index (χ0n) is 14.9. The Labute approximate surface area is 148 Å². The van der Waals surface area contributed by atoms with Crippen LogP contribution in [0.2, 0.25) is 0 Å². The van der Waals surface area contributed by atoms with Crippen LogP contribution in [0.1, 0.15) is 41.8 Å². The van der Waals surface area contributed by atoms with E-state index in [0.717, 1.165) is 17.7 Å².